The molecule has 0 spiro atoms. The van der Waals surface area contributed by atoms with Crippen LogP contribution in [0.5, 0.6) is 0 Å². The van der Waals surface area contributed by atoms with Gasteiger partial charge >= 0.3 is 0 Å². The Bertz CT molecular complexity index is 679. The van der Waals surface area contributed by atoms with E-state index in [-0.39, 0.29) is 29.8 Å². The topological polar surface area (TPSA) is 62.5 Å². The Labute approximate surface area is 173 Å². The van der Waals surface area contributed by atoms with Crippen molar-refractivity contribution in [2.75, 3.05) is 7.05 Å². The maximum atomic E-state index is 13.4. The lowest BCUT2D eigenvalue weighted by molar-refractivity contribution is 0.380. The average Bonchev–Trinajstić information content (AvgIpc) is 2.96. The highest BCUT2D eigenvalue weighted by molar-refractivity contribution is 14.0. The van der Waals surface area contributed by atoms with Gasteiger partial charge in [0.1, 0.15) is 11.6 Å². The van der Waals surface area contributed by atoms with Crippen molar-refractivity contribution < 1.29 is 8.91 Å². The molecule has 0 saturated heterocycles. The van der Waals surface area contributed by atoms with E-state index in [1.165, 1.54) is 12.1 Å². The van der Waals surface area contributed by atoms with Gasteiger partial charge in [-0.2, -0.15) is 0 Å². The molecule has 0 fully saturated rings. The van der Waals surface area contributed by atoms with Crippen LogP contribution < -0.4 is 10.6 Å². The molecule has 0 aliphatic carbocycles. The van der Waals surface area contributed by atoms with Gasteiger partial charge in [-0.15, -0.1) is 24.0 Å². The van der Waals surface area contributed by atoms with Gasteiger partial charge in [0.2, 0.25) is 0 Å². The van der Waals surface area contributed by atoms with Crippen LogP contribution in [0.3, 0.4) is 0 Å². The summed E-state index contributed by atoms with van der Waals surface area (Å²) in [5, 5.41) is 10.5. The standard InChI is InChI=1S/C17H22BrFN4O.HI/c1-4-15-14(16(5-2)24-23-15)10-22-17(20-3)21-9-11-6-12(18)8-13(19)7-11;/h6-8H,4-5,9-10H2,1-3H3,(H2,20,21,22);1H. The summed E-state index contributed by atoms with van der Waals surface area (Å²) in [5.41, 5.74) is 2.87. The molecule has 0 aliphatic heterocycles. The molecule has 0 aliphatic rings. The summed E-state index contributed by atoms with van der Waals surface area (Å²) in [6.45, 7) is 5.15. The van der Waals surface area contributed by atoms with Crippen LogP contribution in [-0.2, 0) is 25.9 Å². The summed E-state index contributed by atoms with van der Waals surface area (Å²) in [5.74, 6) is 1.26. The first-order chi connectivity index (χ1) is 11.6. The maximum absolute atomic E-state index is 13.4. The fourth-order valence-electron chi connectivity index (χ4n) is 2.43. The number of guanidine groups is 1. The average molecular weight is 525 g/mol. The molecule has 1 aromatic carbocycles. The second kappa shape index (κ2) is 10.7. The number of hydrogen-bond acceptors (Lipinski definition) is 3. The Hall–Kier alpha value is -1.16. The van der Waals surface area contributed by atoms with E-state index in [0.29, 0.717) is 23.5 Å². The molecular formula is C17H23BrFIN4O. The Morgan fingerprint density at radius 2 is 1.92 bits per heavy atom. The van der Waals surface area contributed by atoms with Crippen molar-refractivity contribution in [1.29, 1.82) is 0 Å². The lowest BCUT2D eigenvalue weighted by atomic mass is 10.1. The number of nitrogens with one attached hydrogen (secondary N) is 2. The zero-order valence-corrected chi connectivity index (χ0v) is 18.4. The molecule has 1 aromatic heterocycles. The smallest absolute Gasteiger partial charge is 0.191 e. The van der Waals surface area contributed by atoms with Crippen molar-refractivity contribution in [3.05, 3.63) is 51.1 Å². The van der Waals surface area contributed by atoms with Crippen molar-refractivity contribution in [3.63, 3.8) is 0 Å². The second-order valence-corrected chi connectivity index (χ2v) is 6.21. The number of halogens is 3. The van der Waals surface area contributed by atoms with Crippen LogP contribution in [0, 0.1) is 5.82 Å². The van der Waals surface area contributed by atoms with Crippen LogP contribution in [0.4, 0.5) is 4.39 Å². The van der Waals surface area contributed by atoms with E-state index in [4.69, 9.17) is 4.52 Å². The van der Waals surface area contributed by atoms with Crippen molar-refractivity contribution in [2.45, 2.75) is 39.8 Å². The SMILES string of the molecule is CCc1noc(CC)c1CNC(=NC)NCc1cc(F)cc(Br)c1.I. The van der Waals surface area contributed by atoms with Crippen LogP contribution >= 0.6 is 39.9 Å². The third kappa shape index (κ3) is 6.25. The molecule has 1 heterocycles. The predicted molar refractivity (Wildman–Crippen MR) is 112 cm³/mol. The van der Waals surface area contributed by atoms with Gasteiger partial charge in [0.25, 0.3) is 0 Å². The third-order valence-corrected chi connectivity index (χ3v) is 4.10. The van der Waals surface area contributed by atoms with Crippen molar-refractivity contribution in [3.8, 4) is 0 Å². The molecule has 8 heteroatoms. The summed E-state index contributed by atoms with van der Waals surface area (Å²) in [7, 11) is 1.70. The molecule has 0 atom stereocenters. The summed E-state index contributed by atoms with van der Waals surface area (Å²) in [4.78, 5) is 4.20. The first kappa shape index (κ1) is 21.9. The van der Waals surface area contributed by atoms with Crippen molar-refractivity contribution in [1.82, 2.24) is 15.8 Å². The second-order valence-electron chi connectivity index (χ2n) is 5.30. The molecule has 2 aromatic rings. The van der Waals surface area contributed by atoms with Crippen LogP contribution in [0.15, 0.2) is 32.2 Å². The minimum Gasteiger partial charge on any atom is -0.361 e. The summed E-state index contributed by atoms with van der Waals surface area (Å²) in [6, 6.07) is 4.80. The van der Waals surface area contributed by atoms with Gasteiger partial charge in [-0.05, 0) is 30.2 Å². The van der Waals surface area contributed by atoms with E-state index in [0.717, 1.165) is 35.4 Å². The highest BCUT2D eigenvalue weighted by atomic mass is 127. The Balaban J connectivity index is 0.00000312. The number of benzene rings is 1. The fourth-order valence-corrected chi connectivity index (χ4v) is 2.94. The van der Waals surface area contributed by atoms with Crippen LogP contribution in [0.25, 0.3) is 0 Å². The van der Waals surface area contributed by atoms with E-state index >= 15 is 0 Å². The molecule has 0 radical (unpaired) electrons. The van der Waals surface area contributed by atoms with Crippen LogP contribution in [0.1, 0.15) is 36.4 Å². The van der Waals surface area contributed by atoms with Gasteiger partial charge in [0.15, 0.2) is 5.96 Å². The van der Waals surface area contributed by atoms with E-state index in [9.17, 15) is 4.39 Å². The molecule has 2 rings (SSSR count). The number of hydrogen-bond donors (Lipinski definition) is 2. The van der Waals surface area contributed by atoms with Gasteiger partial charge in [0.05, 0.1) is 5.69 Å². The molecule has 138 valence electrons. The van der Waals surface area contributed by atoms with Gasteiger partial charge in [-0.3, -0.25) is 4.99 Å². The van der Waals surface area contributed by atoms with Gasteiger partial charge in [0, 0.05) is 36.6 Å². The Kier molecular flexibility index (Phi) is 9.41. The zero-order chi connectivity index (χ0) is 17.5. The quantitative estimate of drug-likeness (QED) is 0.338. The summed E-state index contributed by atoms with van der Waals surface area (Å²) >= 11 is 3.29. The minimum atomic E-state index is -0.270. The Morgan fingerprint density at radius 3 is 2.52 bits per heavy atom. The van der Waals surface area contributed by atoms with Gasteiger partial charge in [-0.25, -0.2) is 4.39 Å². The number of rotatable bonds is 6. The van der Waals surface area contributed by atoms with E-state index in [1.807, 2.05) is 13.0 Å². The predicted octanol–water partition coefficient (Wildman–Crippen LogP) is 4.18. The minimum absolute atomic E-state index is 0. The number of nitrogens with zero attached hydrogens (tertiary/aromatic N) is 2. The molecule has 2 N–H and O–H groups in total. The number of aryl methyl sites for hydroxylation is 2. The van der Waals surface area contributed by atoms with Crippen molar-refractivity contribution >= 4 is 45.9 Å². The Morgan fingerprint density at radius 1 is 1.20 bits per heavy atom. The zero-order valence-electron chi connectivity index (χ0n) is 14.5. The van der Waals surface area contributed by atoms with E-state index in [2.05, 4.69) is 43.6 Å². The highest BCUT2D eigenvalue weighted by Gasteiger charge is 2.13. The molecule has 0 unspecified atom stereocenters. The molecular weight excluding hydrogens is 502 g/mol. The lowest BCUT2D eigenvalue weighted by Gasteiger charge is -2.12. The summed E-state index contributed by atoms with van der Waals surface area (Å²) in [6.07, 6.45) is 1.62. The normalized spacial score (nSPS) is 11.2. The van der Waals surface area contributed by atoms with E-state index in [1.54, 1.807) is 7.05 Å². The fraction of sp³-hybridized carbons (Fsp3) is 0.412. The highest BCUT2D eigenvalue weighted by Crippen LogP contribution is 2.16. The lowest BCUT2D eigenvalue weighted by Crippen LogP contribution is -2.36. The molecule has 25 heavy (non-hydrogen) atoms. The molecule has 5 nitrogen and oxygen atoms in total. The molecule has 0 amide bonds. The van der Waals surface area contributed by atoms with E-state index < -0.39 is 0 Å². The summed E-state index contributed by atoms with van der Waals surface area (Å²) < 4.78 is 19.5. The largest absolute Gasteiger partial charge is 0.361 e. The van der Waals surface area contributed by atoms with Crippen LogP contribution in [-0.4, -0.2) is 18.2 Å². The van der Waals surface area contributed by atoms with Crippen LogP contribution in [0.2, 0.25) is 0 Å². The first-order valence-corrected chi connectivity index (χ1v) is 8.72. The third-order valence-electron chi connectivity index (χ3n) is 3.65. The maximum Gasteiger partial charge on any atom is 0.191 e. The van der Waals surface area contributed by atoms with Crippen molar-refractivity contribution in [2.24, 2.45) is 4.99 Å². The number of aliphatic imine (C=N–C) groups is 1. The number of aromatic nitrogens is 1. The monoisotopic (exact) mass is 524 g/mol. The van der Waals surface area contributed by atoms with Gasteiger partial charge in [-0.1, -0.05) is 34.9 Å². The van der Waals surface area contributed by atoms with Gasteiger partial charge < -0.3 is 15.2 Å². The molecule has 0 saturated carbocycles. The molecule has 0 bridgehead atoms. The first-order valence-electron chi connectivity index (χ1n) is 7.93.